The van der Waals surface area contributed by atoms with E-state index in [1.54, 1.807) is 5.38 Å². The molecule has 1 aromatic rings. The Kier molecular flexibility index (Phi) is 5.45. The fourth-order valence-electron chi connectivity index (χ4n) is 1.47. The SMILES string of the molecule is O=C(O)c1nc(CN2CCOCC2)cs1.[Li]. The Morgan fingerprint density at radius 2 is 2.25 bits per heavy atom. The van der Waals surface area contributed by atoms with E-state index < -0.39 is 5.97 Å². The second-order valence-corrected chi connectivity index (χ2v) is 4.20. The molecule has 0 aromatic carbocycles. The van der Waals surface area contributed by atoms with Crippen molar-refractivity contribution >= 4 is 36.2 Å². The van der Waals surface area contributed by atoms with Crippen LogP contribution in [0.15, 0.2) is 5.38 Å². The van der Waals surface area contributed by atoms with Crippen LogP contribution in [-0.2, 0) is 11.3 Å². The standard InChI is InChI=1S/C9H12N2O3S.Li/c12-9(13)8-10-7(6-15-8)5-11-1-3-14-4-2-11;/h6H,1-5H2,(H,12,13);. The number of nitrogens with zero attached hydrogens (tertiary/aromatic N) is 2. The summed E-state index contributed by atoms with van der Waals surface area (Å²) < 4.78 is 5.23. The molecule has 0 aliphatic carbocycles. The van der Waals surface area contributed by atoms with E-state index in [4.69, 9.17) is 9.84 Å². The molecule has 0 bridgehead atoms. The molecule has 1 saturated heterocycles. The van der Waals surface area contributed by atoms with Crippen LogP contribution >= 0.6 is 11.3 Å². The maximum absolute atomic E-state index is 10.6. The topological polar surface area (TPSA) is 62.7 Å². The van der Waals surface area contributed by atoms with Gasteiger partial charge >= 0.3 is 5.97 Å². The van der Waals surface area contributed by atoms with Crippen molar-refractivity contribution in [1.82, 2.24) is 9.88 Å². The van der Waals surface area contributed by atoms with E-state index in [1.165, 1.54) is 11.3 Å². The number of aromatic carboxylic acids is 1. The Hall–Kier alpha value is -0.383. The van der Waals surface area contributed by atoms with Crippen LogP contribution in [-0.4, -0.2) is 66.1 Å². The molecule has 1 aliphatic rings. The second kappa shape index (κ2) is 6.38. The van der Waals surface area contributed by atoms with Gasteiger partial charge in [0.05, 0.1) is 18.9 Å². The third kappa shape index (κ3) is 3.58. The van der Waals surface area contributed by atoms with Crippen molar-refractivity contribution in [3.63, 3.8) is 0 Å². The van der Waals surface area contributed by atoms with E-state index in [0.29, 0.717) is 6.54 Å². The van der Waals surface area contributed by atoms with Crippen LogP contribution in [0.3, 0.4) is 0 Å². The van der Waals surface area contributed by atoms with Gasteiger partial charge in [0.25, 0.3) is 0 Å². The number of morpholine rings is 1. The van der Waals surface area contributed by atoms with E-state index in [-0.39, 0.29) is 23.9 Å². The fraction of sp³-hybridized carbons (Fsp3) is 0.556. The predicted molar refractivity (Wildman–Crippen MR) is 60.9 cm³/mol. The van der Waals surface area contributed by atoms with Crippen molar-refractivity contribution in [2.24, 2.45) is 0 Å². The predicted octanol–water partition coefficient (Wildman–Crippen LogP) is 0.293. The normalized spacial score (nSPS) is 16.8. The first-order valence-corrected chi connectivity index (χ1v) is 5.61. The Labute approximate surface area is 110 Å². The van der Waals surface area contributed by atoms with E-state index in [9.17, 15) is 4.79 Å². The van der Waals surface area contributed by atoms with E-state index >= 15 is 0 Å². The van der Waals surface area contributed by atoms with E-state index in [0.717, 1.165) is 32.0 Å². The van der Waals surface area contributed by atoms with Gasteiger partial charge in [-0.3, -0.25) is 4.90 Å². The summed E-state index contributed by atoms with van der Waals surface area (Å²) in [5, 5.41) is 10.7. The zero-order valence-corrected chi connectivity index (χ0v) is 10.00. The monoisotopic (exact) mass is 235 g/mol. The minimum atomic E-state index is -0.951. The minimum absolute atomic E-state index is 0. The Bertz CT molecular complexity index is 352. The summed E-state index contributed by atoms with van der Waals surface area (Å²) >= 11 is 1.18. The third-order valence-electron chi connectivity index (χ3n) is 2.22. The van der Waals surface area contributed by atoms with Crippen LogP contribution in [0.5, 0.6) is 0 Å². The average molecular weight is 235 g/mol. The summed E-state index contributed by atoms with van der Waals surface area (Å²) in [6.07, 6.45) is 0. The molecular weight excluding hydrogens is 223 g/mol. The van der Waals surface area contributed by atoms with Crippen LogP contribution < -0.4 is 0 Å². The Morgan fingerprint density at radius 3 is 2.81 bits per heavy atom. The number of carbonyl (C=O) groups is 1. The summed E-state index contributed by atoms with van der Waals surface area (Å²) in [7, 11) is 0. The van der Waals surface area contributed by atoms with Crippen LogP contribution in [0.4, 0.5) is 0 Å². The number of carboxylic acids is 1. The smallest absolute Gasteiger partial charge is 0.365 e. The van der Waals surface area contributed by atoms with Gasteiger partial charge in [-0.25, -0.2) is 9.78 Å². The van der Waals surface area contributed by atoms with Crippen molar-refractivity contribution in [3.05, 3.63) is 16.1 Å². The van der Waals surface area contributed by atoms with Crippen molar-refractivity contribution in [3.8, 4) is 0 Å². The first kappa shape index (κ1) is 13.7. The summed E-state index contributed by atoms with van der Waals surface area (Å²) in [5.41, 5.74) is 0.833. The molecule has 1 aliphatic heterocycles. The molecule has 2 heterocycles. The zero-order valence-electron chi connectivity index (χ0n) is 9.18. The molecule has 0 saturated carbocycles. The van der Waals surface area contributed by atoms with Gasteiger partial charge in [0, 0.05) is 43.9 Å². The van der Waals surface area contributed by atoms with Crippen LogP contribution in [0.2, 0.25) is 0 Å². The van der Waals surface area contributed by atoms with Gasteiger partial charge in [-0.05, 0) is 0 Å². The second-order valence-electron chi connectivity index (χ2n) is 3.34. The molecule has 0 amide bonds. The third-order valence-corrected chi connectivity index (χ3v) is 3.10. The molecule has 0 spiro atoms. The van der Waals surface area contributed by atoms with Gasteiger partial charge in [-0.2, -0.15) is 0 Å². The minimum Gasteiger partial charge on any atom is -0.476 e. The fourth-order valence-corrected chi connectivity index (χ4v) is 2.11. The van der Waals surface area contributed by atoms with Crippen molar-refractivity contribution < 1.29 is 14.6 Å². The summed E-state index contributed by atoms with van der Waals surface area (Å²) in [5.74, 6) is -0.951. The van der Waals surface area contributed by atoms with Crippen molar-refractivity contribution in [2.75, 3.05) is 26.3 Å². The van der Waals surface area contributed by atoms with Crippen molar-refractivity contribution in [2.45, 2.75) is 6.54 Å². The number of rotatable bonds is 3. The molecule has 0 atom stereocenters. The number of thiazole rings is 1. The van der Waals surface area contributed by atoms with E-state index in [2.05, 4.69) is 9.88 Å². The number of ether oxygens (including phenoxy) is 1. The molecule has 83 valence electrons. The number of aromatic nitrogens is 1. The zero-order chi connectivity index (χ0) is 10.7. The van der Waals surface area contributed by atoms with Crippen molar-refractivity contribution in [1.29, 1.82) is 0 Å². The average Bonchev–Trinajstić information content (AvgIpc) is 2.68. The van der Waals surface area contributed by atoms with Crippen LogP contribution in [0, 0.1) is 0 Å². The molecule has 5 nitrogen and oxygen atoms in total. The number of hydrogen-bond donors (Lipinski definition) is 1. The molecule has 16 heavy (non-hydrogen) atoms. The van der Waals surface area contributed by atoms with E-state index in [1.807, 2.05) is 0 Å². The first-order valence-electron chi connectivity index (χ1n) is 4.73. The Morgan fingerprint density at radius 1 is 1.56 bits per heavy atom. The van der Waals surface area contributed by atoms with Gasteiger partial charge in [-0.15, -0.1) is 11.3 Å². The van der Waals surface area contributed by atoms with Gasteiger partial charge < -0.3 is 9.84 Å². The van der Waals surface area contributed by atoms with Crippen LogP contribution in [0.1, 0.15) is 15.5 Å². The molecule has 1 fully saturated rings. The molecule has 0 unspecified atom stereocenters. The first-order chi connectivity index (χ1) is 7.25. The molecule has 1 aromatic heterocycles. The Balaban J connectivity index is 0.00000128. The number of hydrogen-bond acceptors (Lipinski definition) is 5. The van der Waals surface area contributed by atoms with Crippen LogP contribution in [0.25, 0.3) is 0 Å². The van der Waals surface area contributed by atoms with Gasteiger partial charge in [-0.1, -0.05) is 0 Å². The molecular formula is C9H12LiN2O3S. The largest absolute Gasteiger partial charge is 0.476 e. The summed E-state index contributed by atoms with van der Waals surface area (Å²) in [6.45, 7) is 3.98. The molecule has 1 radical (unpaired) electrons. The summed E-state index contributed by atoms with van der Waals surface area (Å²) in [4.78, 5) is 16.9. The molecule has 1 N–H and O–H groups in total. The number of carboxylic acid groups (broad SMARTS) is 1. The summed E-state index contributed by atoms with van der Waals surface area (Å²) in [6, 6.07) is 0. The van der Waals surface area contributed by atoms with Gasteiger partial charge in [0.1, 0.15) is 0 Å². The quantitative estimate of drug-likeness (QED) is 0.763. The van der Waals surface area contributed by atoms with Gasteiger partial charge in [0.15, 0.2) is 0 Å². The van der Waals surface area contributed by atoms with Gasteiger partial charge in [0.2, 0.25) is 5.01 Å². The molecule has 7 heteroatoms. The maximum Gasteiger partial charge on any atom is 0.365 e. The maximum atomic E-state index is 10.6. The molecule has 2 rings (SSSR count).